The topological polar surface area (TPSA) is 142 Å². The van der Waals surface area contributed by atoms with Crippen molar-refractivity contribution in [3.63, 3.8) is 0 Å². The number of carbonyl (C=O) groups is 1. The molecule has 0 saturated heterocycles. The second kappa shape index (κ2) is 7.07. The highest BCUT2D eigenvalue weighted by molar-refractivity contribution is 9.10. The van der Waals surface area contributed by atoms with E-state index in [1.807, 2.05) is 6.07 Å². The number of methoxy groups -OCH3 is 1. The fourth-order valence-electron chi connectivity index (χ4n) is 2.24. The molecular weight excluding hydrogens is 392 g/mol. The van der Waals surface area contributed by atoms with Crippen LogP contribution in [-0.2, 0) is 4.79 Å². The van der Waals surface area contributed by atoms with E-state index in [0.29, 0.717) is 10.0 Å². The Kier molecular flexibility index (Phi) is 5.11. The number of rotatable bonds is 3. The number of nitrogens with zero attached hydrogens (tertiary/aromatic N) is 2. The normalized spacial score (nSPS) is 9.80. The minimum Gasteiger partial charge on any atom is -0.493 e. The van der Waals surface area contributed by atoms with Crippen molar-refractivity contribution in [2.24, 2.45) is 0 Å². The summed E-state index contributed by atoms with van der Waals surface area (Å²) in [6.45, 7) is 1.23. The number of nitrogens with one attached hydrogen (secondary N) is 1. The standard InChI is InChI=1S/C16H11BrN4O4/c1-7(22)25-14-11(17)3-8(4-12(14)24-2)13-9(5-18)15(20)21-16(23)10(13)6-19/h3-4H,1-2H3,(H3,20,21,23). The van der Waals surface area contributed by atoms with Gasteiger partial charge in [-0.25, -0.2) is 0 Å². The second-order valence-corrected chi connectivity index (χ2v) is 5.65. The van der Waals surface area contributed by atoms with Gasteiger partial charge < -0.3 is 20.2 Å². The zero-order valence-corrected chi connectivity index (χ0v) is 14.7. The number of anilines is 1. The number of aromatic amines is 1. The molecule has 1 aromatic carbocycles. The van der Waals surface area contributed by atoms with E-state index in [-0.39, 0.29) is 34.0 Å². The molecule has 0 spiro atoms. The fourth-order valence-corrected chi connectivity index (χ4v) is 2.76. The van der Waals surface area contributed by atoms with E-state index in [9.17, 15) is 20.1 Å². The quantitative estimate of drug-likeness (QED) is 0.590. The molecule has 0 amide bonds. The number of nitriles is 2. The van der Waals surface area contributed by atoms with Crippen LogP contribution in [0.2, 0.25) is 0 Å². The van der Waals surface area contributed by atoms with Crippen LogP contribution in [0.5, 0.6) is 11.5 Å². The summed E-state index contributed by atoms with van der Waals surface area (Å²) in [6, 6.07) is 6.60. The number of hydrogen-bond donors (Lipinski definition) is 2. The molecule has 9 heteroatoms. The van der Waals surface area contributed by atoms with Gasteiger partial charge in [-0.2, -0.15) is 10.5 Å². The van der Waals surface area contributed by atoms with Crippen LogP contribution >= 0.6 is 15.9 Å². The zero-order chi connectivity index (χ0) is 18.7. The average Bonchev–Trinajstić information content (AvgIpc) is 2.55. The Balaban J connectivity index is 2.87. The third kappa shape index (κ3) is 3.32. The van der Waals surface area contributed by atoms with Crippen molar-refractivity contribution >= 4 is 27.7 Å². The molecule has 0 aliphatic carbocycles. The summed E-state index contributed by atoms with van der Waals surface area (Å²) in [7, 11) is 1.36. The van der Waals surface area contributed by atoms with Crippen molar-refractivity contribution in [1.29, 1.82) is 10.5 Å². The molecule has 3 N–H and O–H groups in total. The monoisotopic (exact) mass is 402 g/mol. The largest absolute Gasteiger partial charge is 0.493 e. The number of ether oxygens (including phenoxy) is 2. The molecule has 0 saturated carbocycles. The van der Waals surface area contributed by atoms with Gasteiger partial charge >= 0.3 is 5.97 Å². The minimum atomic E-state index is -0.715. The van der Waals surface area contributed by atoms with Gasteiger partial charge in [0, 0.05) is 12.5 Å². The first-order valence-corrected chi connectivity index (χ1v) is 7.55. The minimum absolute atomic E-state index is 0.0506. The Labute approximate surface area is 150 Å². The van der Waals surface area contributed by atoms with Gasteiger partial charge in [-0.1, -0.05) is 0 Å². The maximum atomic E-state index is 12.0. The lowest BCUT2D eigenvalue weighted by molar-refractivity contribution is -0.132. The second-order valence-electron chi connectivity index (χ2n) is 4.80. The highest BCUT2D eigenvalue weighted by Gasteiger charge is 2.21. The lowest BCUT2D eigenvalue weighted by Gasteiger charge is -2.14. The molecule has 0 aliphatic heterocycles. The maximum absolute atomic E-state index is 12.0. The van der Waals surface area contributed by atoms with E-state index >= 15 is 0 Å². The van der Waals surface area contributed by atoms with Crippen LogP contribution in [0.3, 0.4) is 0 Å². The molecule has 0 bridgehead atoms. The van der Waals surface area contributed by atoms with E-state index in [1.165, 1.54) is 26.2 Å². The summed E-state index contributed by atoms with van der Waals surface area (Å²) in [5.41, 5.74) is 5.06. The van der Waals surface area contributed by atoms with Gasteiger partial charge in [0.05, 0.1) is 11.6 Å². The predicted molar refractivity (Wildman–Crippen MR) is 91.9 cm³/mol. The Morgan fingerprint density at radius 1 is 1.28 bits per heavy atom. The first-order valence-electron chi connectivity index (χ1n) is 6.76. The molecule has 2 rings (SSSR count). The number of esters is 1. The summed E-state index contributed by atoms with van der Waals surface area (Å²) in [4.78, 5) is 25.5. The van der Waals surface area contributed by atoms with E-state index in [2.05, 4.69) is 20.9 Å². The van der Waals surface area contributed by atoms with Crippen LogP contribution in [0.1, 0.15) is 18.1 Å². The van der Waals surface area contributed by atoms with Gasteiger partial charge in [0.2, 0.25) is 0 Å². The first kappa shape index (κ1) is 18.0. The molecule has 1 aromatic heterocycles. The Bertz CT molecular complexity index is 1010. The van der Waals surface area contributed by atoms with Gasteiger partial charge in [0.1, 0.15) is 29.1 Å². The average molecular weight is 403 g/mol. The van der Waals surface area contributed by atoms with E-state index < -0.39 is 11.5 Å². The van der Waals surface area contributed by atoms with Gasteiger partial charge in [-0.3, -0.25) is 9.59 Å². The third-order valence-corrected chi connectivity index (χ3v) is 3.82. The molecule has 0 radical (unpaired) electrons. The van der Waals surface area contributed by atoms with Gasteiger partial charge in [-0.05, 0) is 33.6 Å². The van der Waals surface area contributed by atoms with Gasteiger partial charge in [-0.15, -0.1) is 0 Å². The SMILES string of the molecule is COc1cc(-c2c(C#N)c(N)[nH]c(=O)c2C#N)cc(Br)c1OC(C)=O. The van der Waals surface area contributed by atoms with Crippen LogP contribution in [0.4, 0.5) is 5.82 Å². The predicted octanol–water partition coefficient (Wildman–Crippen LogP) is 2.06. The number of nitrogens with two attached hydrogens (primary N) is 1. The Hall–Kier alpha value is -3.30. The van der Waals surface area contributed by atoms with Crippen LogP contribution in [0.25, 0.3) is 11.1 Å². The van der Waals surface area contributed by atoms with Crippen LogP contribution in [0.15, 0.2) is 21.4 Å². The summed E-state index contributed by atoms with van der Waals surface area (Å²) in [5, 5.41) is 18.7. The highest BCUT2D eigenvalue weighted by Crippen LogP contribution is 2.41. The van der Waals surface area contributed by atoms with E-state index in [0.717, 1.165) is 0 Å². The number of benzene rings is 1. The van der Waals surface area contributed by atoms with Gasteiger partial charge in [0.15, 0.2) is 11.5 Å². The van der Waals surface area contributed by atoms with Crippen molar-refractivity contribution < 1.29 is 14.3 Å². The third-order valence-electron chi connectivity index (χ3n) is 3.23. The fraction of sp³-hybridized carbons (Fsp3) is 0.125. The number of halogens is 1. The smallest absolute Gasteiger partial charge is 0.308 e. The molecule has 8 nitrogen and oxygen atoms in total. The molecule has 126 valence electrons. The van der Waals surface area contributed by atoms with Crippen molar-refractivity contribution in [2.45, 2.75) is 6.92 Å². The van der Waals surface area contributed by atoms with Crippen LogP contribution < -0.4 is 20.8 Å². The van der Waals surface area contributed by atoms with Crippen LogP contribution in [0, 0.1) is 22.7 Å². The number of aromatic nitrogens is 1. The zero-order valence-electron chi connectivity index (χ0n) is 13.1. The molecular formula is C16H11BrN4O4. The van der Waals surface area contributed by atoms with Crippen molar-refractivity contribution in [1.82, 2.24) is 4.98 Å². The Morgan fingerprint density at radius 2 is 1.92 bits per heavy atom. The summed E-state index contributed by atoms with van der Waals surface area (Å²) < 4.78 is 10.6. The molecule has 0 fully saturated rings. The van der Waals surface area contributed by atoms with Crippen LogP contribution in [-0.4, -0.2) is 18.1 Å². The Morgan fingerprint density at radius 3 is 2.44 bits per heavy atom. The maximum Gasteiger partial charge on any atom is 0.308 e. The molecule has 0 aliphatic rings. The van der Waals surface area contributed by atoms with Gasteiger partial charge in [0.25, 0.3) is 5.56 Å². The first-order chi connectivity index (χ1) is 11.8. The number of carbonyl (C=O) groups excluding carboxylic acids is 1. The summed E-state index contributed by atoms with van der Waals surface area (Å²) >= 11 is 3.25. The molecule has 0 atom stereocenters. The van der Waals surface area contributed by atoms with Crippen molar-refractivity contribution in [2.75, 3.05) is 12.8 Å². The lowest BCUT2D eigenvalue weighted by Crippen LogP contribution is -2.16. The molecule has 0 unspecified atom stereocenters. The molecule has 25 heavy (non-hydrogen) atoms. The molecule has 2 aromatic rings. The molecule has 1 heterocycles. The van der Waals surface area contributed by atoms with Crippen molar-refractivity contribution in [3.05, 3.63) is 38.1 Å². The number of pyridine rings is 1. The summed E-state index contributed by atoms with van der Waals surface area (Å²) in [6.07, 6.45) is 0. The number of hydrogen-bond acceptors (Lipinski definition) is 7. The number of H-pyrrole nitrogens is 1. The highest BCUT2D eigenvalue weighted by atomic mass is 79.9. The lowest BCUT2D eigenvalue weighted by atomic mass is 9.96. The summed E-state index contributed by atoms with van der Waals surface area (Å²) in [5.74, 6) is -0.400. The number of nitrogen functional groups attached to an aromatic ring is 1. The van der Waals surface area contributed by atoms with E-state index in [4.69, 9.17) is 15.2 Å². The van der Waals surface area contributed by atoms with E-state index in [1.54, 1.807) is 6.07 Å². The van der Waals surface area contributed by atoms with Crippen molar-refractivity contribution in [3.8, 4) is 34.8 Å².